The summed E-state index contributed by atoms with van der Waals surface area (Å²) in [6.45, 7) is 10.5. The van der Waals surface area contributed by atoms with Crippen molar-refractivity contribution in [3.05, 3.63) is 30.6 Å². The molecule has 18 heavy (non-hydrogen) atoms. The van der Waals surface area contributed by atoms with Crippen LogP contribution in [0, 0.1) is 11.8 Å². The van der Waals surface area contributed by atoms with E-state index < -0.39 is 0 Å². The number of nitrogens with one attached hydrogen (secondary N) is 1. The van der Waals surface area contributed by atoms with Crippen LogP contribution in [0.3, 0.4) is 0 Å². The maximum Gasteiger partial charge on any atom is 0.102 e. The lowest BCUT2D eigenvalue weighted by molar-refractivity contribution is -0.788. The molecule has 1 aliphatic heterocycles. The van der Waals surface area contributed by atoms with Gasteiger partial charge in [0, 0.05) is 11.6 Å². The Labute approximate surface area is 113 Å². The molecule has 0 spiro atoms. The fraction of sp³-hybridized carbons (Fsp3) is 0.688. The molecule has 2 heteroatoms. The number of rotatable bonds is 9. The van der Waals surface area contributed by atoms with E-state index in [1.807, 2.05) is 0 Å². The highest BCUT2D eigenvalue weighted by Gasteiger charge is 2.08. The van der Waals surface area contributed by atoms with Gasteiger partial charge in [-0.1, -0.05) is 46.0 Å². The van der Waals surface area contributed by atoms with Crippen LogP contribution in [0.5, 0.6) is 0 Å². The standard InChI is InChI=1S/C15H27N.CN/c1-3-5-6-7-8-9-10-12-16-13-11-15(4-2)14-16;1-2/h11,13-14H,3-10,12H2,1-2H3;/q;-1/p+1. The minimum atomic E-state index is 1.18. The van der Waals surface area contributed by atoms with Crippen molar-refractivity contribution in [2.45, 2.75) is 65.2 Å². The van der Waals surface area contributed by atoms with Gasteiger partial charge in [0.05, 0.1) is 12.7 Å². The molecule has 0 fully saturated rings. The summed E-state index contributed by atoms with van der Waals surface area (Å²) in [5.74, 6) is 0. The van der Waals surface area contributed by atoms with Gasteiger partial charge in [0.15, 0.2) is 0 Å². The van der Waals surface area contributed by atoms with Gasteiger partial charge in [-0.15, -0.1) is 0 Å². The van der Waals surface area contributed by atoms with Crippen LogP contribution in [-0.2, 0) is 0 Å². The summed E-state index contributed by atoms with van der Waals surface area (Å²) in [5, 5.41) is 6.25. The van der Waals surface area contributed by atoms with Gasteiger partial charge in [-0.3, -0.25) is 4.90 Å². The Bertz CT molecular complexity index is 264. The number of hydrogen-bond acceptors (Lipinski definition) is 1. The summed E-state index contributed by atoms with van der Waals surface area (Å²) in [6.07, 6.45) is 18.0. The van der Waals surface area contributed by atoms with Gasteiger partial charge in [0.25, 0.3) is 0 Å². The van der Waals surface area contributed by atoms with E-state index in [1.54, 1.807) is 4.90 Å². The normalized spacial score (nSPS) is 17.1. The SMILES string of the molecule is CCCCCCCCC[NH+]1C=CC(CC)=C1.[C-]#N. The first-order valence-corrected chi connectivity index (χ1v) is 7.33. The second-order valence-electron chi connectivity index (χ2n) is 4.85. The highest BCUT2D eigenvalue weighted by atomic mass is 15.1. The number of quaternary nitrogens is 1. The molecule has 1 N–H and O–H groups in total. The first-order valence-electron chi connectivity index (χ1n) is 7.33. The van der Waals surface area contributed by atoms with Crippen LogP contribution in [0.2, 0.25) is 0 Å². The average Bonchev–Trinajstić information content (AvgIpc) is 2.88. The topological polar surface area (TPSA) is 28.2 Å². The van der Waals surface area contributed by atoms with Gasteiger partial charge in [-0.25, -0.2) is 0 Å². The Morgan fingerprint density at radius 1 is 1.00 bits per heavy atom. The van der Waals surface area contributed by atoms with E-state index in [0.717, 1.165) is 0 Å². The number of nitrogens with zero attached hydrogens (tertiary/aromatic N) is 1. The van der Waals surface area contributed by atoms with Crippen LogP contribution in [0.4, 0.5) is 0 Å². The fourth-order valence-corrected chi connectivity index (χ4v) is 2.21. The summed E-state index contributed by atoms with van der Waals surface area (Å²) in [7, 11) is 0. The van der Waals surface area contributed by atoms with Crippen molar-refractivity contribution in [2.75, 3.05) is 6.54 Å². The van der Waals surface area contributed by atoms with E-state index >= 15 is 0 Å². The molecule has 0 aromatic carbocycles. The molecule has 0 amide bonds. The van der Waals surface area contributed by atoms with E-state index in [9.17, 15) is 0 Å². The largest absolute Gasteiger partial charge is 0.512 e. The van der Waals surface area contributed by atoms with Gasteiger partial charge in [-0.2, -0.15) is 0 Å². The van der Waals surface area contributed by atoms with E-state index in [-0.39, 0.29) is 0 Å². The molecule has 1 rings (SSSR count). The predicted molar refractivity (Wildman–Crippen MR) is 76.3 cm³/mol. The van der Waals surface area contributed by atoms with Crippen LogP contribution in [0.15, 0.2) is 24.0 Å². The Hall–Kier alpha value is -1.07. The molecule has 1 heterocycles. The molecular weight excluding hydrogens is 220 g/mol. The van der Waals surface area contributed by atoms with Crippen LogP contribution in [0.25, 0.3) is 0 Å². The van der Waals surface area contributed by atoms with Crippen LogP contribution >= 0.6 is 0 Å². The third kappa shape index (κ3) is 8.08. The first-order chi connectivity index (χ1) is 8.86. The third-order valence-corrected chi connectivity index (χ3v) is 3.36. The smallest absolute Gasteiger partial charge is 0.102 e. The maximum absolute atomic E-state index is 6.25. The molecule has 0 aliphatic carbocycles. The molecule has 102 valence electrons. The molecule has 0 saturated carbocycles. The first kappa shape index (κ1) is 16.9. The minimum Gasteiger partial charge on any atom is -0.512 e. The zero-order valence-electron chi connectivity index (χ0n) is 12.0. The van der Waals surface area contributed by atoms with Gasteiger partial charge in [-0.05, 0) is 19.3 Å². The molecule has 0 saturated heterocycles. The Kier molecular flexibility index (Phi) is 11.7. The molecule has 1 aliphatic rings. The molecule has 0 aromatic rings. The van der Waals surface area contributed by atoms with Gasteiger partial charge in [0.1, 0.15) is 6.20 Å². The van der Waals surface area contributed by atoms with Crippen molar-refractivity contribution in [1.82, 2.24) is 0 Å². The maximum atomic E-state index is 6.25. The summed E-state index contributed by atoms with van der Waals surface area (Å²) >= 11 is 0. The van der Waals surface area contributed by atoms with E-state index in [4.69, 9.17) is 11.8 Å². The molecule has 0 radical (unpaired) electrons. The van der Waals surface area contributed by atoms with E-state index in [2.05, 4.69) is 32.3 Å². The lowest BCUT2D eigenvalue weighted by atomic mass is 10.1. The summed E-state index contributed by atoms with van der Waals surface area (Å²) in [6, 6.07) is 0. The average molecular weight is 248 g/mol. The minimum absolute atomic E-state index is 1.18. The lowest BCUT2D eigenvalue weighted by Crippen LogP contribution is -3.01. The van der Waals surface area contributed by atoms with Crippen molar-refractivity contribution < 1.29 is 4.90 Å². The van der Waals surface area contributed by atoms with Crippen LogP contribution < -0.4 is 4.90 Å². The second kappa shape index (κ2) is 12.4. The van der Waals surface area contributed by atoms with Crippen molar-refractivity contribution in [3.63, 3.8) is 0 Å². The second-order valence-corrected chi connectivity index (χ2v) is 4.85. The van der Waals surface area contributed by atoms with Crippen molar-refractivity contribution >= 4 is 0 Å². The molecular formula is C16H28N2. The van der Waals surface area contributed by atoms with Gasteiger partial charge >= 0.3 is 0 Å². The van der Waals surface area contributed by atoms with Crippen LogP contribution in [0.1, 0.15) is 65.2 Å². The fourth-order valence-electron chi connectivity index (χ4n) is 2.21. The Balaban J connectivity index is 0.00000137. The number of allylic oxidation sites excluding steroid dienone is 2. The zero-order chi connectivity index (χ0) is 13.6. The van der Waals surface area contributed by atoms with Crippen LogP contribution in [-0.4, -0.2) is 6.54 Å². The summed E-state index contributed by atoms with van der Waals surface area (Å²) in [5.41, 5.74) is 1.50. The lowest BCUT2D eigenvalue weighted by Gasteiger charge is -2.06. The monoisotopic (exact) mass is 248 g/mol. The Morgan fingerprint density at radius 2 is 1.61 bits per heavy atom. The zero-order valence-corrected chi connectivity index (χ0v) is 12.0. The van der Waals surface area contributed by atoms with E-state index in [0.29, 0.717) is 0 Å². The molecule has 2 nitrogen and oxygen atoms in total. The highest BCUT2D eigenvalue weighted by Crippen LogP contribution is 2.06. The molecule has 0 aromatic heterocycles. The quantitative estimate of drug-likeness (QED) is 0.490. The predicted octanol–water partition coefficient (Wildman–Crippen LogP) is 3.54. The molecule has 1 unspecified atom stereocenters. The van der Waals surface area contributed by atoms with Gasteiger partial charge in [0.2, 0.25) is 0 Å². The molecule has 1 atom stereocenters. The van der Waals surface area contributed by atoms with Crippen molar-refractivity contribution in [3.8, 4) is 0 Å². The summed E-state index contributed by atoms with van der Waals surface area (Å²) in [4.78, 5) is 1.55. The summed E-state index contributed by atoms with van der Waals surface area (Å²) < 4.78 is 0. The highest BCUT2D eigenvalue weighted by molar-refractivity contribution is 5.17. The van der Waals surface area contributed by atoms with Crippen molar-refractivity contribution in [1.29, 1.82) is 5.26 Å². The number of unbranched alkanes of at least 4 members (excludes halogenated alkanes) is 6. The molecule has 0 bridgehead atoms. The van der Waals surface area contributed by atoms with E-state index in [1.165, 1.54) is 63.5 Å². The van der Waals surface area contributed by atoms with Gasteiger partial charge < -0.3 is 11.8 Å². The Morgan fingerprint density at radius 3 is 2.17 bits per heavy atom. The number of hydrogen-bond donors (Lipinski definition) is 1. The van der Waals surface area contributed by atoms with Crippen molar-refractivity contribution in [2.24, 2.45) is 0 Å². The third-order valence-electron chi connectivity index (χ3n) is 3.36.